The van der Waals surface area contributed by atoms with Crippen molar-refractivity contribution in [3.8, 4) is 5.88 Å². The Morgan fingerprint density at radius 2 is 2.31 bits per heavy atom. The molecule has 0 atom stereocenters. The van der Waals surface area contributed by atoms with Crippen LogP contribution in [0, 0.1) is 0 Å². The van der Waals surface area contributed by atoms with Gasteiger partial charge in [-0.1, -0.05) is 11.6 Å². The molecule has 0 aliphatic heterocycles. The third-order valence-corrected chi connectivity index (χ3v) is 2.18. The second-order valence-electron chi connectivity index (χ2n) is 2.88. The van der Waals surface area contributed by atoms with Crippen LogP contribution in [0.1, 0.15) is 17.6 Å². The van der Waals surface area contributed by atoms with Gasteiger partial charge in [0, 0.05) is 11.1 Å². The first-order chi connectivity index (χ1) is 7.47. The summed E-state index contributed by atoms with van der Waals surface area (Å²) in [6.45, 7) is 0. The molecule has 0 radical (unpaired) electrons. The highest BCUT2D eigenvalue weighted by atomic mass is 35.5. The minimum absolute atomic E-state index is 0.151. The number of carbonyl (C=O) groups is 1. The van der Waals surface area contributed by atoms with Crippen molar-refractivity contribution in [1.29, 1.82) is 0 Å². The minimum atomic E-state index is -2.88. The number of carboxylic acid groups (broad SMARTS) is 1. The molecule has 0 spiro atoms. The lowest BCUT2D eigenvalue weighted by Crippen LogP contribution is -2.08. The Hall–Kier alpha value is -1.43. The molecule has 0 unspecified atom stereocenters. The van der Waals surface area contributed by atoms with Crippen LogP contribution in [0.15, 0.2) is 6.20 Å². The fourth-order valence-electron chi connectivity index (χ4n) is 1.26. The molecule has 0 saturated carbocycles. The van der Waals surface area contributed by atoms with Gasteiger partial charge in [0.25, 0.3) is 6.43 Å². The summed E-state index contributed by atoms with van der Waals surface area (Å²) in [7, 11) is 1.22. The van der Waals surface area contributed by atoms with Crippen LogP contribution in [0.4, 0.5) is 8.78 Å². The topological polar surface area (TPSA) is 59.4 Å². The molecule has 88 valence electrons. The zero-order valence-corrected chi connectivity index (χ0v) is 8.96. The second-order valence-corrected chi connectivity index (χ2v) is 3.29. The first-order valence-corrected chi connectivity index (χ1v) is 4.56. The summed E-state index contributed by atoms with van der Waals surface area (Å²) in [4.78, 5) is 14.2. The lowest BCUT2D eigenvalue weighted by Gasteiger charge is -2.12. The van der Waals surface area contributed by atoms with Gasteiger partial charge in [-0.05, 0) is 0 Å². The molecule has 1 aromatic heterocycles. The van der Waals surface area contributed by atoms with Crippen molar-refractivity contribution >= 4 is 17.6 Å². The van der Waals surface area contributed by atoms with Crippen molar-refractivity contribution in [1.82, 2.24) is 4.98 Å². The monoisotopic (exact) mass is 251 g/mol. The average Bonchev–Trinajstić information content (AvgIpc) is 2.16. The molecule has 0 saturated heterocycles. The van der Waals surface area contributed by atoms with Crippen molar-refractivity contribution in [3.63, 3.8) is 0 Å². The van der Waals surface area contributed by atoms with Gasteiger partial charge in [-0.25, -0.2) is 13.8 Å². The highest BCUT2D eigenvalue weighted by Gasteiger charge is 2.23. The molecule has 0 aromatic carbocycles. The number of nitrogens with zero attached hydrogens (tertiary/aromatic N) is 1. The van der Waals surface area contributed by atoms with Gasteiger partial charge in [-0.2, -0.15) is 0 Å². The van der Waals surface area contributed by atoms with E-state index in [2.05, 4.69) is 4.98 Å². The summed E-state index contributed by atoms with van der Waals surface area (Å²) in [5.74, 6) is -1.41. The largest absolute Gasteiger partial charge is 0.481 e. The summed E-state index contributed by atoms with van der Waals surface area (Å²) < 4.78 is 30.1. The Morgan fingerprint density at radius 3 is 2.75 bits per heavy atom. The molecule has 0 bridgehead atoms. The molecule has 1 heterocycles. The van der Waals surface area contributed by atoms with Crippen LogP contribution < -0.4 is 4.74 Å². The third kappa shape index (κ3) is 2.57. The molecule has 1 aromatic rings. The van der Waals surface area contributed by atoms with Crippen LogP contribution in [0.3, 0.4) is 0 Å². The van der Waals surface area contributed by atoms with Gasteiger partial charge in [0.1, 0.15) is 0 Å². The molecule has 16 heavy (non-hydrogen) atoms. The fourth-order valence-corrected chi connectivity index (χ4v) is 1.50. The van der Waals surface area contributed by atoms with Gasteiger partial charge < -0.3 is 9.84 Å². The van der Waals surface area contributed by atoms with Gasteiger partial charge in [0.05, 0.1) is 24.8 Å². The summed E-state index contributed by atoms with van der Waals surface area (Å²) in [5, 5.41) is 8.34. The van der Waals surface area contributed by atoms with Crippen molar-refractivity contribution < 1.29 is 23.4 Å². The Balaban J connectivity index is 3.36. The van der Waals surface area contributed by atoms with Crippen molar-refractivity contribution in [2.45, 2.75) is 12.8 Å². The number of hydrogen-bond acceptors (Lipinski definition) is 3. The molecule has 7 heteroatoms. The van der Waals surface area contributed by atoms with Gasteiger partial charge >= 0.3 is 5.97 Å². The summed E-state index contributed by atoms with van der Waals surface area (Å²) >= 11 is 5.55. The van der Waals surface area contributed by atoms with Gasteiger partial charge in [-0.15, -0.1) is 0 Å². The van der Waals surface area contributed by atoms with Crippen molar-refractivity contribution in [2.75, 3.05) is 7.11 Å². The van der Waals surface area contributed by atoms with Gasteiger partial charge in [0.15, 0.2) is 0 Å². The molecule has 0 aliphatic rings. The van der Waals surface area contributed by atoms with E-state index in [0.717, 1.165) is 6.20 Å². The van der Waals surface area contributed by atoms with Crippen molar-refractivity contribution in [2.24, 2.45) is 0 Å². The Bertz CT molecular complexity index is 412. The summed E-state index contributed by atoms with van der Waals surface area (Å²) in [5.41, 5.74) is -0.742. The predicted molar refractivity (Wildman–Crippen MR) is 52.1 cm³/mol. The number of rotatable bonds is 4. The van der Waals surface area contributed by atoms with E-state index in [1.165, 1.54) is 7.11 Å². The van der Waals surface area contributed by atoms with Crippen LogP contribution in [0.5, 0.6) is 5.88 Å². The number of aliphatic carboxylic acids is 1. The molecule has 4 nitrogen and oxygen atoms in total. The van der Waals surface area contributed by atoms with Crippen LogP contribution in [0.2, 0.25) is 5.02 Å². The van der Waals surface area contributed by atoms with E-state index in [9.17, 15) is 13.6 Å². The lowest BCUT2D eigenvalue weighted by molar-refractivity contribution is -0.136. The van der Waals surface area contributed by atoms with Gasteiger partial charge in [0.2, 0.25) is 5.88 Å². The predicted octanol–water partition coefficient (Wildman–Crippen LogP) is 2.31. The Morgan fingerprint density at radius 1 is 1.69 bits per heavy atom. The number of carboxylic acids is 1. The lowest BCUT2D eigenvalue weighted by atomic mass is 10.1. The number of halogens is 3. The SMILES string of the molecule is COc1ncc(Cl)c(C(F)F)c1CC(=O)O. The third-order valence-electron chi connectivity index (χ3n) is 1.88. The first kappa shape index (κ1) is 12.6. The number of ether oxygens (including phenoxy) is 1. The number of pyridine rings is 1. The molecule has 0 amide bonds. The fraction of sp³-hybridized carbons (Fsp3) is 0.333. The standard InChI is InChI=1S/C9H8ClF2NO3/c1-16-9-4(2-6(14)15)7(8(11)12)5(10)3-13-9/h3,8H,2H2,1H3,(H,14,15). The van der Waals surface area contributed by atoms with E-state index in [1.807, 2.05) is 0 Å². The molecule has 0 fully saturated rings. The average molecular weight is 252 g/mol. The number of alkyl halides is 2. The molecular weight excluding hydrogens is 244 g/mol. The maximum Gasteiger partial charge on any atom is 0.308 e. The normalized spacial score (nSPS) is 10.6. The van der Waals surface area contributed by atoms with Crippen LogP contribution in [0.25, 0.3) is 0 Å². The first-order valence-electron chi connectivity index (χ1n) is 4.18. The quantitative estimate of drug-likeness (QED) is 0.892. The van der Waals surface area contributed by atoms with Crippen LogP contribution in [-0.4, -0.2) is 23.2 Å². The van der Waals surface area contributed by atoms with E-state index in [0.29, 0.717) is 0 Å². The van der Waals surface area contributed by atoms with E-state index in [-0.39, 0.29) is 16.5 Å². The van der Waals surface area contributed by atoms with Crippen LogP contribution in [-0.2, 0) is 11.2 Å². The molecule has 1 N–H and O–H groups in total. The van der Waals surface area contributed by atoms with Gasteiger partial charge in [-0.3, -0.25) is 4.79 Å². The maximum atomic E-state index is 12.7. The summed E-state index contributed by atoms with van der Waals surface area (Å²) in [6, 6.07) is 0. The number of hydrogen-bond donors (Lipinski definition) is 1. The van der Waals surface area contributed by atoms with Crippen LogP contribution >= 0.6 is 11.6 Å². The van der Waals surface area contributed by atoms with E-state index >= 15 is 0 Å². The van der Waals surface area contributed by atoms with E-state index < -0.39 is 24.4 Å². The molecule has 1 rings (SSSR count). The van der Waals surface area contributed by atoms with Crippen molar-refractivity contribution in [3.05, 3.63) is 22.3 Å². The Labute approximate surface area is 94.8 Å². The second kappa shape index (κ2) is 5.07. The zero-order chi connectivity index (χ0) is 12.3. The maximum absolute atomic E-state index is 12.7. The number of methoxy groups -OCH3 is 1. The minimum Gasteiger partial charge on any atom is -0.481 e. The summed E-state index contributed by atoms with van der Waals surface area (Å²) in [6.07, 6.45) is -2.48. The molecular formula is C9H8ClF2NO3. The molecule has 0 aliphatic carbocycles. The number of aromatic nitrogens is 1. The smallest absolute Gasteiger partial charge is 0.308 e. The van der Waals surface area contributed by atoms with E-state index in [4.69, 9.17) is 21.4 Å². The van der Waals surface area contributed by atoms with E-state index in [1.54, 1.807) is 0 Å². The Kier molecular flexibility index (Phi) is 4.00. The zero-order valence-electron chi connectivity index (χ0n) is 8.21. The highest BCUT2D eigenvalue weighted by molar-refractivity contribution is 6.31. The highest BCUT2D eigenvalue weighted by Crippen LogP contribution is 2.34.